The zero-order valence-corrected chi connectivity index (χ0v) is 18.4. The zero-order valence-electron chi connectivity index (χ0n) is 18.4. The molecule has 32 heavy (non-hydrogen) atoms. The van der Waals surface area contributed by atoms with Gasteiger partial charge in [-0.3, -0.25) is 9.69 Å². The van der Waals surface area contributed by atoms with Crippen molar-refractivity contribution in [3.63, 3.8) is 0 Å². The monoisotopic (exact) mass is 451 g/mol. The summed E-state index contributed by atoms with van der Waals surface area (Å²) in [6, 6.07) is 4.59. The van der Waals surface area contributed by atoms with Gasteiger partial charge in [0.15, 0.2) is 0 Å². The van der Waals surface area contributed by atoms with E-state index in [9.17, 15) is 18.0 Å². The van der Waals surface area contributed by atoms with E-state index in [1.54, 1.807) is 6.07 Å². The number of nitrogens with zero attached hydrogens (tertiary/aromatic N) is 2. The summed E-state index contributed by atoms with van der Waals surface area (Å²) in [5.74, 6) is -0.427. The number of alkyl halides is 3. The predicted molar refractivity (Wildman–Crippen MR) is 116 cm³/mol. The van der Waals surface area contributed by atoms with Crippen LogP contribution in [0.25, 0.3) is 0 Å². The fourth-order valence-corrected chi connectivity index (χ4v) is 6.07. The van der Waals surface area contributed by atoms with Gasteiger partial charge < -0.3 is 15.0 Å². The van der Waals surface area contributed by atoms with Crippen molar-refractivity contribution in [3.8, 4) is 0 Å². The molecule has 8 heteroatoms. The summed E-state index contributed by atoms with van der Waals surface area (Å²) in [5.41, 5.74) is 0.845. The number of fused-ring (bicyclic) bond motifs is 3. The molecule has 0 spiro atoms. The van der Waals surface area contributed by atoms with Crippen LogP contribution in [0.5, 0.6) is 0 Å². The first-order valence-electron chi connectivity index (χ1n) is 12.0. The standard InChI is InChI=1S/C24H32F3N3O2/c25-24(26,27)17-7-8-21-16(12-17)13-20(23(31)28-14-19-6-3-11-32-19)22-15-29(9-10-30(21)22)18-4-1-2-5-18/h7-8,12,18-20,22H,1-6,9-11,13-15H2,(H,28,31)/t19-,20+,22+/m0/s1. The number of carbonyl (C=O) groups excluding carboxylic acids is 1. The maximum Gasteiger partial charge on any atom is 0.416 e. The van der Waals surface area contributed by atoms with Gasteiger partial charge in [0.05, 0.1) is 23.6 Å². The fraction of sp³-hybridized carbons (Fsp3) is 0.708. The number of rotatable bonds is 4. The molecular formula is C24H32F3N3O2. The summed E-state index contributed by atoms with van der Waals surface area (Å²) in [6.45, 7) is 3.64. The number of benzene rings is 1. The molecule has 1 N–H and O–H groups in total. The number of amides is 1. The first-order valence-corrected chi connectivity index (χ1v) is 12.0. The Morgan fingerprint density at radius 2 is 1.94 bits per heavy atom. The molecule has 4 aliphatic rings. The van der Waals surface area contributed by atoms with Crippen LogP contribution in [-0.2, 0) is 22.1 Å². The molecule has 1 aromatic rings. The van der Waals surface area contributed by atoms with Crippen LogP contribution in [0.1, 0.15) is 49.7 Å². The first kappa shape index (κ1) is 22.0. The van der Waals surface area contributed by atoms with Gasteiger partial charge in [-0.25, -0.2) is 0 Å². The first-order chi connectivity index (χ1) is 15.4. The van der Waals surface area contributed by atoms with Crippen LogP contribution in [-0.4, -0.2) is 61.8 Å². The molecular weight excluding hydrogens is 419 g/mol. The summed E-state index contributed by atoms with van der Waals surface area (Å²) < 4.78 is 45.7. The van der Waals surface area contributed by atoms with Gasteiger partial charge in [0.2, 0.25) is 5.91 Å². The minimum atomic E-state index is -4.38. The van der Waals surface area contributed by atoms with Crippen LogP contribution in [0.2, 0.25) is 0 Å². The summed E-state index contributed by atoms with van der Waals surface area (Å²) >= 11 is 0. The zero-order chi connectivity index (χ0) is 22.3. The second-order valence-corrected chi connectivity index (χ2v) is 9.73. The smallest absolute Gasteiger partial charge is 0.376 e. The van der Waals surface area contributed by atoms with E-state index in [0.29, 0.717) is 24.6 Å². The Morgan fingerprint density at radius 3 is 2.66 bits per heavy atom. The minimum absolute atomic E-state index is 0.0157. The van der Waals surface area contributed by atoms with E-state index in [2.05, 4.69) is 15.1 Å². The van der Waals surface area contributed by atoms with Gasteiger partial charge in [-0.2, -0.15) is 13.2 Å². The molecule has 3 aliphatic heterocycles. The number of nitrogens with one attached hydrogen (secondary N) is 1. The Morgan fingerprint density at radius 1 is 1.12 bits per heavy atom. The number of hydrogen-bond donors (Lipinski definition) is 1. The van der Waals surface area contributed by atoms with Gasteiger partial charge in [-0.1, -0.05) is 12.8 Å². The highest BCUT2D eigenvalue weighted by molar-refractivity contribution is 5.82. The normalized spacial score (nSPS) is 29.1. The maximum atomic E-state index is 13.4. The van der Waals surface area contributed by atoms with Crippen molar-refractivity contribution < 1.29 is 22.7 Å². The molecule has 0 radical (unpaired) electrons. The predicted octanol–water partition coefficient (Wildman–Crippen LogP) is 3.61. The molecule has 3 heterocycles. The van der Waals surface area contributed by atoms with E-state index < -0.39 is 11.7 Å². The molecule has 2 saturated heterocycles. The molecule has 1 aromatic carbocycles. The molecule has 3 atom stereocenters. The van der Waals surface area contributed by atoms with Gasteiger partial charge in [-0.15, -0.1) is 0 Å². The van der Waals surface area contributed by atoms with E-state index in [4.69, 9.17) is 4.74 Å². The molecule has 5 rings (SSSR count). The van der Waals surface area contributed by atoms with E-state index in [-0.39, 0.29) is 24.0 Å². The van der Waals surface area contributed by atoms with Crippen LogP contribution in [0.4, 0.5) is 18.9 Å². The van der Waals surface area contributed by atoms with Crippen molar-refractivity contribution in [3.05, 3.63) is 29.3 Å². The average molecular weight is 452 g/mol. The Balaban J connectivity index is 1.39. The van der Waals surface area contributed by atoms with Crippen molar-refractivity contribution in [2.24, 2.45) is 5.92 Å². The molecule has 0 bridgehead atoms. The molecule has 0 aromatic heterocycles. The van der Waals surface area contributed by atoms with Crippen molar-refractivity contribution >= 4 is 11.6 Å². The Bertz CT molecular complexity index is 834. The number of piperazine rings is 1. The molecule has 176 valence electrons. The number of ether oxygens (including phenoxy) is 1. The lowest BCUT2D eigenvalue weighted by molar-refractivity contribution is -0.137. The molecule has 1 amide bonds. The van der Waals surface area contributed by atoms with Gasteiger partial charge in [0.1, 0.15) is 0 Å². The molecule has 1 saturated carbocycles. The summed E-state index contributed by atoms with van der Waals surface area (Å²) in [5, 5.41) is 3.06. The third kappa shape index (κ3) is 4.36. The minimum Gasteiger partial charge on any atom is -0.376 e. The second-order valence-electron chi connectivity index (χ2n) is 9.73. The van der Waals surface area contributed by atoms with Crippen LogP contribution >= 0.6 is 0 Å². The summed E-state index contributed by atoms with van der Waals surface area (Å²) in [4.78, 5) is 18.0. The molecule has 5 nitrogen and oxygen atoms in total. The second kappa shape index (κ2) is 8.86. The summed E-state index contributed by atoms with van der Waals surface area (Å²) in [7, 11) is 0. The van der Waals surface area contributed by atoms with Gasteiger partial charge in [-0.05, 0) is 55.9 Å². The van der Waals surface area contributed by atoms with Crippen LogP contribution in [0.15, 0.2) is 18.2 Å². The Kier molecular flexibility index (Phi) is 6.09. The van der Waals surface area contributed by atoms with Gasteiger partial charge in [0.25, 0.3) is 0 Å². The third-order valence-electron chi connectivity index (χ3n) is 7.78. The van der Waals surface area contributed by atoms with Crippen LogP contribution < -0.4 is 10.2 Å². The highest BCUT2D eigenvalue weighted by Gasteiger charge is 2.44. The van der Waals surface area contributed by atoms with E-state index in [1.165, 1.54) is 37.8 Å². The topological polar surface area (TPSA) is 44.8 Å². The van der Waals surface area contributed by atoms with Crippen molar-refractivity contribution in [2.45, 2.75) is 69.3 Å². The van der Waals surface area contributed by atoms with Gasteiger partial charge in [0, 0.05) is 44.5 Å². The van der Waals surface area contributed by atoms with Crippen LogP contribution in [0, 0.1) is 5.92 Å². The van der Waals surface area contributed by atoms with Crippen molar-refractivity contribution in [2.75, 3.05) is 37.7 Å². The van der Waals surface area contributed by atoms with Gasteiger partial charge >= 0.3 is 6.18 Å². The number of hydrogen-bond acceptors (Lipinski definition) is 4. The third-order valence-corrected chi connectivity index (χ3v) is 7.78. The summed E-state index contributed by atoms with van der Waals surface area (Å²) in [6.07, 6.45) is 2.86. The van der Waals surface area contributed by atoms with E-state index >= 15 is 0 Å². The number of carbonyl (C=O) groups is 1. The lowest BCUT2D eigenvalue weighted by Crippen LogP contribution is -2.62. The van der Waals surface area contributed by atoms with E-state index in [0.717, 1.165) is 44.8 Å². The molecule has 3 fully saturated rings. The fourth-order valence-electron chi connectivity index (χ4n) is 6.07. The lowest BCUT2D eigenvalue weighted by atomic mass is 9.82. The van der Waals surface area contributed by atoms with Crippen molar-refractivity contribution in [1.82, 2.24) is 10.2 Å². The largest absolute Gasteiger partial charge is 0.416 e. The molecule has 0 unspecified atom stereocenters. The lowest BCUT2D eigenvalue weighted by Gasteiger charge is -2.50. The highest BCUT2D eigenvalue weighted by atomic mass is 19.4. The number of halogens is 3. The number of anilines is 1. The van der Waals surface area contributed by atoms with E-state index in [1.807, 2.05) is 0 Å². The SMILES string of the molecule is O=C(NC[C@@H]1CCCO1)[C@@H]1Cc2cc(C(F)(F)F)ccc2N2CCN(C3CCCC3)C[C@H]12. The van der Waals surface area contributed by atoms with Crippen molar-refractivity contribution in [1.29, 1.82) is 0 Å². The average Bonchev–Trinajstić information content (AvgIpc) is 3.50. The van der Waals surface area contributed by atoms with Crippen LogP contribution in [0.3, 0.4) is 0 Å². The Hall–Kier alpha value is -1.80. The quantitative estimate of drug-likeness (QED) is 0.760. The maximum absolute atomic E-state index is 13.4. The molecule has 1 aliphatic carbocycles. The Labute approximate surface area is 187 Å². The highest BCUT2D eigenvalue weighted by Crippen LogP contribution is 2.40.